The highest BCUT2D eigenvalue weighted by Crippen LogP contribution is 2.38. The molecule has 206 valence electrons. The Labute approximate surface area is 234 Å². The van der Waals surface area contributed by atoms with Gasteiger partial charge in [-0.25, -0.2) is 19.7 Å². The van der Waals surface area contributed by atoms with Crippen LogP contribution in [0.4, 0.5) is 16.4 Å². The average Bonchev–Trinajstić information content (AvgIpc) is 3.00. The van der Waals surface area contributed by atoms with Gasteiger partial charge in [0.25, 0.3) is 0 Å². The first-order chi connectivity index (χ1) is 19.7. The van der Waals surface area contributed by atoms with Crippen molar-refractivity contribution in [2.45, 2.75) is 45.1 Å². The summed E-state index contributed by atoms with van der Waals surface area (Å²) in [5.74, 6) is 1.76. The Bertz CT molecular complexity index is 1500. The number of nitrogens with zero attached hydrogens (tertiary/aromatic N) is 4. The summed E-state index contributed by atoms with van der Waals surface area (Å²) >= 11 is 0. The summed E-state index contributed by atoms with van der Waals surface area (Å²) in [4.78, 5) is 28.7. The van der Waals surface area contributed by atoms with Gasteiger partial charge in [-0.05, 0) is 75.4 Å². The molecule has 0 bridgehead atoms. The number of carbonyl (C=O) groups excluding carboxylic acids is 1. The number of rotatable bonds is 6. The molecule has 0 spiro atoms. The van der Waals surface area contributed by atoms with Crippen LogP contribution in [-0.2, 0) is 0 Å². The lowest BCUT2D eigenvalue weighted by atomic mass is 10.0. The maximum absolute atomic E-state index is 13.0. The van der Waals surface area contributed by atoms with E-state index in [9.17, 15) is 4.79 Å². The van der Waals surface area contributed by atoms with Crippen molar-refractivity contribution in [1.82, 2.24) is 25.2 Å². The number of ether oxygens (including phenoxy) is 1. The Morgan fingerprint density at radius 2 is 1.88 bits per heavy atom. The number of pyridine rings is 1. The fourth-order valence-electron chi connectivity index (χ4n) is 5.47. The van der Waals surface area contributed by atoms with Crippen LogP contribution >= 0.6 is 0 Å². The second-order valence-corrected chi connectivity index (χ2v) is 10.5. The molecule has 9 heteroatoms. The van der Waals surface area contributed by atoms with E-state index >= 15 is 0 Å². The van der Waals surface area contributed by atoms with E-state index in [1.165, 1.54) is 6.42 Å². The number of likely N-dealkylation sites (tertiary alicyclic amines) is 1. The molecule has 4 aromatic rings. The molecule has 2 aromatic heterocycles. The standard InChI is InChI=1S/C31H35N7O2/c1-21-12-13-23-24(9-5-11-26(23)37-31(39)38-18-3-2-4-19-38)28(21)40-29-25(10-7-16-33-29)27-14-17-34-30(36-27)35-22-8-6-15-32-20-22/h5,7,9-14,16-17,22,32H,2-4,6,8,15,18-20H2,1H3,(H,37,39)(H,34,35,36). The normalized spacial score (nSPS) is 17.4. The number of aromatic nitrogens is 3. The van der Waals surface area contributed by atoms with Crippen LogP contribution in [0.3, 0.4) is 0 Å². The number of nitrogens with one attached hydrogen (secondary N) is 3. The monoisotopic (exact) mass is 537 g/mol. The van der Waals surface area contributed by atoms with Crippen LogP contribution < -0.4 is 20.7 Å². The van der Waals surface area contributed by atoms with E-state index in [1.54, 1.807) is 12.4 Å². The van der Waals surface area contributed by atoms with E-state index in [4.69, 9.17) is 9.72 Å². The lowest BCUT2D eigenvalue weighted by Gasteiger charge is -2.27. The van der Waals surface area contributed by atoms with Crippen molar-refractivity contribution in [3.8, 4) is 22.9 Å². The van der Waals surface area contributed by atoms with Crippen LogP contribution in [0.25, 0.3) is 22.0 Å². The highest BCUT2D eigenvalue weighted by molar-refractivity contribution is 6.04. The van der Waals surface area contributed by atoms with Crippen LogP contribution in [0.15, 0.2) is 60.9 Å². The zero-order chi connectivity index (χ0) is 27.3. The maximum atomic E-state index is 13.0. The molecule has 3 N–H and O–H groups in total. The van der Waals surface area contributed by atoms with E-state index in [2.05, 4.69) is 25.9 Å². The molecule has 2 fully saturated rings. The van der Waals surface area contributed by atoms with Crippen LogP contribution in [0.1, 0.15) is 37.7 Å². The number of carbonyl (C=O) groups is 1. The topological polar surface area (TPSA) is 104 Å². The number of hydrogen-bond acceptors (Lipinski definition) is 7. The van der Waals surface area contributed by atoms with Gasteiger partial charge in [0.15, 0.2) is 0 Å². The lowest BCUT2D eigenvalue weighted by molar-refractivity contribution is 0.200. The molecule has 0 saturated carbocycles. The van der Waals surface area contributed by atoms with Crippen molar-refractivity contribution in [2.75, 3.05) is 36.8 Å². The second kappa shape index (κ2) is 11.9. The van der Waals surface area contributed by atoms with Crippen molar-refractivity contribution in [3.05, 3.63) is 66.5 Å². The highest BCUT2D eigenvalue weighted by Gasteiger charge is 2.20. The summed E-state index contributed by atoms with van der Waals surface area (Å²) < 4.78 is 6.55. The van der Waals surface area contributed by atoms with Crippen LogP contribution in [0.2, 0.25) is 0 Å². The first-order valence-electron chi connectivity index (χ1n) is 14.2. The molecule has 4 heterocycles. The van der Waals surface area contributed by atoms with Gasteiger partial charge in [0.05, 0.1) is 16.9 Å². The highest BCUT2D eigenvalue weighted by atomic mass is 16.5. The lowest BCUT2D eigenvalue weighted by Crippen LogP contribution is -2.38. The Hall–Kier alpha value is -4.24. The Balaban J connectivity index is 1.29. The fourth-order valence-corrected chi connectivity index (χ4v) is 5.47. The van der Waals surface area contributed by atoms with Crippen LogP contribution in [-0.4, -0.2) is 58.1 Å². The number of amides is 2. The number of hydrogen-bond donors (Lipinski definition) is 3. The molecule has 6 rings (SSSR count). The predicted molar refractivity (Wildman–Crippen MR) is 158 cm³/mol. The van der Waals surface area contributed by atoms with Crippen molar-refractivity contribution in [2.24, 2.45) is 0 Å². The van der Waals surface area contributed by atoms with Gasteiger partial charge in [-0.1, -0.05) is 24.3 Å². The van der Waals surface area contributed by atoms with Crippen LogP contribution in [0.5, 0.6) is 11.6 Å². The molecule has 2 aliphatic rings. The number of urea groups is 1. The van der Waals surface area contributed by atoms with Crippen molar-refractivity contribution in [1.29, 1.82) is 0 Å². The third kappa shape index (κ3) is 5.70. The number of piperidine rings is 2. The van der Waals surface area contributed by atoms with Crippen molar-refractivity contribution < 1.29 is 9.53 Å². The van der Waals surface area contributed by atoms with Gasteiger partial charge in [0, 0.05) is 48.8 Å². The number of anilines is 2. The van der Waals surface area contributed by atoms with Gasteiger partial charge in [0.1, 0.15) is 5.75 Å². The molecule has 2 aromatic carbocycles. The third-order valence-corrected chi connectivity index (χ3v) is 7.63. The fraction of sp³-hybridized carbons (Fsp3) is 0.355. The molecule has 2 aliphatic heterocycles. The molecule has 0 radical (unpaired) electrons. The number of fused-ring (bicyclic) bond motifs is 1. The quantitative estimate of drug-likeness (QED) is 0.278. The summed E-state index contributed by atoms with van der Waals surface area (Å²) in [5, 5.41) is 11.8. The molecular weight excluding hydrogens is 502 g/mol. The molecule has 40 heavy (non-hydrogen) atoms. The largest absolute Gasteiger partial charge is 0.437 e. The van der Waals surface area contributed by atoms with Gasteiger partial charge < -0.3 is 25.6 Å². The Morgan fingerprint density at radius 1 is 0.975 bits per heavy atom. The van der Waals surface area contributed by atoms with E-state index in [0.717, 1.165) is 85.1 Å². The van der Waals surface area contributed by atoms with E-state index in [0.29, 0.717) is 23.6 Å². The van der Waals surface area contributed by atoms with E-state index in [-0.39, 0.29) is 6.03 Å². The Kier molecular flexibility index (Phi) is 7.72. The summed E-state index contributed by atoms with van der Waals surface area (Å²) in [6, 6.07) is 15.9. The first-order valence-corrected chi connectivity index (χ1v) is 14.2. The molecule has 1 atom stereocenters. The van der Waals surface area contributed by atoms with Crippen molar-refractivity contribution in [3.63, 3.8) is 0 Å². The number of aryl methyl sites for hydroxylation is 1. The van der Waals surface area contributed by atoms with Gasteiger partial charge in [0.2, 0.25) is 11.8 Å². The van der Waals surface area contributed by atoms with E-state index < -0.39 is 0 Å². The minimum Gasteiger partial charge on any atom is -0.437 e. The van der Waals surface area contributed by atoms with Gasteiger partial charge in [-0.15, -0.1) is 0 Å². The molecule has 9 nitrogen and oxygen atoms in total. The molecule has 1 unspecified atom stereocenters. The smallest absolute Gasteiger partial charge is 0.321 e. The SMILES string of the molecule is Cc1ccc2c(NC(=O)N3CCCCC3)cccc2c1Oc1ncccc1-c1ccnc(NC2CCCNC2)n1. The zero-order valence-corrected chi connectivity index (χ0v) is 22.8. The molecule has 2 amide bonds. The van der Waals surface area contributed by atoms with Crippen LogP contribution in [0, 0.1) is 6.92 Å². The molecular formula is C31H35N7O2. The zero-order valence-electron chi connectivity index (χ0n) is 22.8. The Morgan fingerprint density at radius 3 is 2.73 bits per heavy atom. The van der Waals surface area contributed by atoms with E-state index in [1.807, 2.05) is 60.4 Å². The van der Waals surface area contributed by atoms with Crippen molar-refractivity contribution >= 4 is 28.4 Å². The number of benzene rings is 2. The average molecular weight is 538 g/mol. The molecule has 0 aliphatic carbocycles. The maximum Gasteiger partial charge on any atom is 0.321 e. The van der Waals surface area contributed by atoms with Gasteiger partial charge in [-0.2, -0.15) is 0 Å². The summed E-state index contributed by atoms with van der Waals surface area (Å²) in [6.07, 6.45) is 8.98. The first kappa shape index (κ1) is 26.0. The third-order valence-electron chi connectivity index (χ3n) is 7.63. The molecule has 2 saturated heterocycles. The van der Waals surface area contributed by atoms with Gasteiger partial charge in [-0.3, -0.25) is 0 Å². The predicted octanol–water partition coefficient (Wildman–Crippen LogP) is 5.97. The second-order valence-electron chi connectivity index (χ2n) is 10.5. The summed E-state index contributed by atoms with van der Waals surface area (Å²) in [6.45, 7) is 5.56. The summed E-state index contributed by atoms with van der Waals surface area (Å²) in [7, 11) is 0. The minimum absolute atomic E-state index is 0.0561. The van der Waals surface area contributed by atoms with Gasteiger partial charge >= 0.3 is 6.03 Å². The minimum atomic E-state index is -0.0561. The summed E-state index contributed by atoms with van der Waals surface area (Å²) in [5.41, 5.74) is 3.25.